The summed E-state index contributed by atoms with van der Waals surface area (Å²) in [4.78, 5) is 23.0. The molecule has 0 saturated heterocycles. The largest absolute Gasteiger partial charge is 0.495 e. The number of benzene rings is 1. The maximum absolute atomic E-state index is 11.9. The first kappa shape index (κ1) is 17.3. The van der Waals surface area contributed by atoms with Crippen molar-refractivity contribution in [2.75, 3.05) is 12.4 Å². The Kier molecular flexibility index (Phi) is 6.48. The van der Waals surface area contributed by atoms with Crippen molar-refractivity contribution in [3.8, 4) is 5.75 Å². The maximum atomic E-state index is 11.9. The average molecular weight is 359 g/mol. The molecule has 1 aromatic carbocycles. The fraction of sp³-hybridized carbons (Fsp3) is 0.429. The first-order valence-electron chi connectivity index (χ1n) is 6.47. The van der Waals surface area contributed by atoms with Crippen LogP contribution in [0, 0.1) is 5.92 Å². The highest BCUT2D eigenvalue weighted by Gasteiger charge is 2.21. The molecule has 0 aliphatic carbocycles. The highest BCUT2D eigenvalue weighted by Crippen LogP contribution is 2.27. The van der Waals surface area contributed by atoms with E-state index in [0.29, 0.717) is 17.9 Å². The average Bonchev–Trinajstić information content (AvgIpc) is 2.39. The zero-order valence-corrected chi connectivity index (χ0v) is 13.7. The maximum Gasteiger partial charge on any atom is 0.326 e. The molecule has 1 atom stereocenters. The standard InChI is InChI=1S/C14H19BrN2O4/c1-8(2)6-11(13(18)19)17-14(20)16-9-4-5-10(15)12(7-9)21-3/h4-5,7-8,11H,6H2,1-3H3,(H,18,19)(H2,16,17,20)/t11-/m1/s1. The van der Waals surface area contributed by atoms with Gasteiger partial charge in [0.2, 0.25) is 0 Å². The predicted molar refractivity (Wildman–Crippen MR) is 83.7 cm³/mol. The van der Waals surface area contributed by atoms with E-state index in [1.807, 2.05) is 13.8 Å². The number of carbonyl (C=O) groups excluding carboxylic acids is 1. The van der Waals surface area contributed by atoms with Gasteiger partial charge >= 0.3 is 12.0 Å². The Labute approximate surface area is 132 Å². The van der Waals surface area contributed by atoms with Crippen LogP contribution in [-0.4, -0.2) is 30.3 Å². The lowest BCUT2D eigenvalue weighted by atomic mass is 10.0. The third-order valence-electron chi connectivity index (χ3n) is 2.72. The minimum absolute atomic E-state index is 0.166. The lowest BCUT2D eigenvalue weighted by Gasteiger charge is -2.17. The lowest BCUT2D eigenvalue weighted by molar-refractivity contribution is -0.139. The van der Waals surface area contributed by atoms with E-state index in [4.69, 9.17) is 9.84 Å². The first-order valence-corrected chi connectivity index (χ1v) is 7.26. The van der Waals surface area contributed by atoms with Crippen LogP contribution in [0.25, 0.3) is 0 Å². The molecule has 0 spiro atoms. The molecule has 0 aliphatic heterocycles. The van der Waals surface area contributed by atoms with Crippen LogP contribution in [0.1, 0.15) is 20.3 Å². The van der Waals surface area contributed by atoms with Gasteiger partial charge in [0.1, 0.15) is 11.8 Å². The number of aliphatic carboxylic acids is 1. The number of amides is 2. The van der Waals surface area contributed by atoms with Gasteiger partial charge in [-0.2, -0.15) is 0 Å². The fourth-order valence-electron chi connectivity index (χ4n) is 1.76. The van der Waals surface area contributed by atoms with Gasteiger partial charge in [-0.1, -0.05) is 13.8 Å². The Hall–Kier alpha value is -1.76. The van der Waals surface area contributed by atoms with Gasteiger partial charge in [-0.25, -0.2) is 9.59 Å². The van der Waals surface area contributed by atoms with E-state index < -0.39 is 18.0 Å². The third-order valence-corrected chi connectivity index (χ3v) is 3.37. The summed E-state index contributed by atoms with van der Waals surface area (Å²) in [7, 11) is 1.52. The molecule has 7 heteroatoms. The topological polar surface area (TPSA) is 87.7 Å². The van der Waals surface area contributed by atoms with Crippen molar-refractivity contribution in [2.24, 2.45) is 5.92 Å². The van der Waals surface area contributed by atoms with Gasteiger partial charge < -0.3 is 20.5 Å². The van der Waals surface area contributed by atoms with E-state index in [1.165, 1.54) is 7.11 Å². The highest BCUT2D eigenvalue weighted by molar-refractivity contribution is 9.10. The molecule has 0 heterocycles. The summed E-state index contributed by atoms with van der Waals surface area (Å²) >= 11 is 3.31. The summed E-state index contributed by atoms with van der Waals surface area (Å²) < 4.78 is 5.89. The number of nitrogens with one attached hydrogen (secondary N) is 2. The summed E-state index contributed by atoms with van der Waals surface area (Å²) in [6.07, 6.45) is 0.367. The van der Waals surface area contributed by atoms with Crippen molar-refractivity contribution in [3.05, 3.63) is 22.7 Å². The molecule has 0 bridgehead atoms. The Bertz CT molecular complexity index is 520. The van der Waals surface area contributed by atoms with E-state index in [1.54, 1.807) is 18.2 Å². The monoisotopic (exact) mass is 358 g/mol. The van der Waals surface area contributed by atoms with Crippen molar-refractivity contribution >= 4 is 33.6 Å². The van der Waals surface area contributed by atoms with Crippen LogP contribution in [0.4, 0.5) is 10.5 Å². The SMILES string of the molecule is COc1cc(NC(=O)N[C@H](CC(C)C)C(=O)O)ccc1Br. The van der Waals surface area contributed by atoms with Crippen molar-refractivity contribution in [1.29, 1.82) is 0 Å². The highest BCUT2D eigenvalue weighted by atomic mass is 79.9. The predicted octanol–water partition coefficient (Wildman–Crippen LogP) is 3.08. The van der Waals surface area contributed by atoms with Crippen LogP contribution in [0.15, 0.2) is 22.7 Å². The Morgan fingerprint density at radius 1 is 1.38 bits per heavy atom. The van der Waals surface area contributed by atoms with Crippen molar-refractivity contribution in [2.45, 2.75) is 26.3 Å². The fourth-order valence-corrected chi connectivity index (χ4v) is 2.16. The van der Waals surface area contributed by atoms with Crippen molar-refractivity contribution in [3.63, 3.8) is 0 Å². The molecule has 0 fully saturated rings. The summed E-state index contributed by atoms with van der Waals surface area (Å²) in [5, 5.41) is 14.1. The summed E-state index contributed by atoms with van der Waals surface area (Å²) in [5.74, 6) is -0.309. The van der Waals surface area contributed by atoms with Gasteiger partial charge in [0.05, 0.1) is 11.6 Å². The number of ether oxygens (including phenoxy) is 1. The molecule has 1 aromatic rings. The number of carbonyl (C=O) groups is 2. The number of rotatable bonds is 6. The molecule has 2 amide bonds. The molecule has 0 unspecified atom stereocenters. The van der Waals surface area contributed by atoms with E-state index >= 15 is 0 Å². The molecule has 0 aliphatic rings. The van der Waals surface area contributed by atoms with Crippen LogP contribution in [-0.2, 0) is 4.79 Å². The number of carboxylic acids is 1. The molecule has 0 aromatic heterocycles. The van der Waals surface area contributed by atoms with Gasteiger partial charge in [0.25, 0.3) is 0 Å². The molecule has 0 saturated carbocycles. The van der Waals surface area contributed by atoms with E-state index in [2.05, 4.69) is 26.6 Å². The van der Waals surface area contributed by atoms with Gasteiger partial charge in [-0.15, -0.1) is 0 Å². The third kappa shape index (κ3) is 5.63. The molecule has 116 valence electrons. The number of urea groups is 1. The zero-order valence-electron chi connectivity index (χ0n) is 12.1. The number of hydrogen-bond acceptors (Lipinski definition) is 3. The zero-order chi connectivity index (χ0) is 16.0. The molecule has 3 N–H and O–H groups in total. The number of methoxy groups -OCH3 is 1. The van der Waals surface area contributed by atoms with Gasteiger partial charge in [-0.05, 0) is 40.4 Å². The second kappa shape index (κ2) is 7.87. The van der Waals surface area contributed by atoms with Crippen LogP contribution in [0.3, 0.4) is 0 Å². The molecular formula is C14H19BrN2O4. The quantitative estimate of drug-likeness (QED) is 0.728. The van der Waals surface area contributed by atoms with Crippen molar-refractivity contribution in [1.82, 2.24) is 5.32 Å². The van der Waals surface area contributed by atoms with Gasteiger partial charge in [-0.3, -0.25) is 0 Å². The molecule has 0 radical (unpaired) electrons. The molecular weight excluding hydrogens is 340 g/mol. The van der Waals surface area contributed by atoms with E-state index in [0.717, 1.165) is 4.47 Å². The minimum Gasteiger partial charge on any atom is -0.495 e. The van der Waals surface area contributed by atoms with Gasteiger partial charge in [0, 0.05) is 11.8 Å². The second-order valence-corrected chi connectivity index (χ2v) is 5.82. The summed E-state index contributed by atoms with van der Waals surface area (Å²) in [6.45, 7) is 3.80. The minimum atomic E-state index is -1.05. The van der Waals surface area contributed by atoms with Crippen molar-refractivity contribution < 1.29 is 19.4 Å². The Balaban J connectivity index is 2.69. The Morgan fingerprint density at radius 3 is 2.57 bits per heavy atom. The molecule has 21 heavy (non-hydrogen) atoms. The Morgan fingerprint density at radius 2 is 2.05 bits per heavy atom. The molecule has 1 rings (SSSR count). The van der Waals surface area contributed by atoms with E-state index in [9.17, 15) is 9.59 Å². The number of halogens is 1. The van der Waals surface area contributed by atoms with Crippen LogP contribution >= 0.6 is 15.9 Å². The smallest absolute Gasteiger partial charge is 0.326 e. The second-order valence-electron chi connectivity index (χ2n) is 4.97. The molecule has 6 nitrogen and oxygen atoms in total. The van der Waals surface area contributed by atoms with Crippen LogP contribution in [0.5, 0.6) is 5.75 Å². The normalized spacial score (nSPS) is 11.9. The first-order chi connectivity index (χ1) is 9.83. The number of hydrogen-bond donors (Lipinski definition) is 3. The van der Waals surface area contributed by atoms with Crippen LogP contribution < -0.4 is 15.4 Å². The summed E-state index contributed by atoms with van der Waals surface area (Å²) in [5.41, 5.74) is 0.515. The van der Waals surface area contributed by atoms with Crippen LogP contribution in [0.2, 0.25) is 0 Å². The van der Waals surface area contributed by atoms with E-state index in [-0.39, 0.29) is 5.92 Å². The van der Waals surface area contributed by atoms with Gasteiger partial charge in [0.15, 0.2) is 0 Å². The number of carboxylic acid groups (broad SMARTS) is 1. The number of anilines is 1. The lowest BCUT2D eigenvalue weighted by Crippen LogP contribution is -2.43. The summed E-state index contributed by atoms with van der Waals surface area (Å²) in [6, 6.07) is 3.58.